The van der Waals surface area contributed by atoms with Crippen molar-refractivity contribution in [1.82, 2.24) is 0 Å². The van der Waals surface area contributed by atoms with Gasteiger partial charge in [-0.05, 0) is 61.2 Å². The fourth-order valence-electron chi connectivity index (χ4n) is 14.0. The second-order valence-corrected chi connectivity index (χ2v) is 28.0. The number of hydrogen-bond donors (Lipinski definition) is 0. The van der Waals surface area contributed by atoms with Crippen molar-refractivity contribution in [2.75, 3.05) is 19.8 Å². The van der Waals surface area contributed by atoms with Gasteiger partial charge in [0.25, 0.3) is 0 Å². The fourth-order valence-corrected chi connectivity index (χ4v) is 14.0. The van der Waals surface area contributed by atoms with Crippen LogP contribution >= 0.6 is 0 Å². The summed E-state index contributed by atoms with van der Waals surface area (Å²) < 4.78 is 118. The third kappa shape index (κ3) is 23.4. The Morgan fingerprint density at radius 2 is 0.333 bits per heavy atom. The summed E-state index contributed by atoms with van der Waals surface area (Å²) >= 11 is 0. The van der Waals surface area contributed by atoms with Crippen LogP contribution in [0.5, 0.6) is 0 Å². The molecule has 11 aromatic carbocycles. The lowest BCUT2D eigenvalue weighted by atomic mass is 9.95. The number of rotatable bonds is 40. The van der Waals surface area contributed by atoms with Crippen molar-refractivity contribution in [3.63, 3.8) is 0 Å². The minimum atomic E-state index is -1.31. The zero-order chi connectivity index (χ0) is 75.1. The highest BCUT2D eigenvalue weighted by Crippen LogP contribution is 2.40. The molecule has 111 heavy (non-hydrogen) atoms. The van der Waals surface area contributed by atoms with Crippen molar-refractivity contribution < 1.29 is 75.8 Å². The van der Waals surface area contributed by atoms with E-state index in [0.29, 0.717) is 6.61 Å². The zero-order valence-electron chi connectivity index (χ0n) is 62.3. The largest absolute Gasteiger partial charge is 0.374 e. The minimum absolute atomic E-state index is 0.0239. The van der Waals surface area contributed by atoms with Gasteiger partial charge < -0.3 is 75.8 Å². The SMILES string of the molecule is c1ccc(COC[C@H]2O[C@@H](O[C@H]3[C@H](OCc4ccccc4)[C@@H](OCc4ccccc4)[C@H](O[C@H]4[C@H](OCc5ccccc5)[C@@H](OCc5ccccc5)[C@H](OCc5ccccc5)O[C@@H]4COCc4ccccc4)O[C@@H]3COCc3ccccc3)[C@H](OCc3ccccc3)[C@@H](OCc3ccccc3)[C@@H]2OCc2ccccc2)cc1. The van der Waals surface area contributed by atoms with Crippen LogP contribution in [0.25, 0.3) is 0 Å². The van der Waals surface area contributed by atoms with E-state index in [-0.39, 0.29) is 85.9 Å². The van der Waals surface area contributed by atoms with Crippen molar-refractivity contribution >= 4 is 0 Å². The first-order valence-electron chi connectivity index (χ1n) is 38.4. The highest BCUT2D eigenvalue weighted by molar-refractivity contribution is 5.22. The average molecular weight is 1500 g/mol. The maximum atomic E-state index is 7.94. The molecule has 0 radical (unpaired) electrons. The van der Waals surface area contributed by atoms with E-state index in [1.54, 1.807) is 0 Å². The quantitative estimate of drug-likeness (QED) is 0.0358. The van der Waals surface area contributed by atoms with Crippen LogP contribution in [0.15, 0.2) is 334 Å². The van der Waals surface area contributed by atoms with Gasteiger partial charge >= 0.3 is 0 Å². The van der Waals surface area contributed by atoms with E-state index in [1.165, 1.54) is 0 Å². The Kier molecular flexibility index (Phi) is 30.0. The Morgan fingerprint density at radius 3 is 0.577 bits per heavy atom. The molecule has 14 rings (SSSR count). The molecule has 3 fully saturated rings. The smallest absolute Gasteiger partial charge is 0.187 e. The van der Waals surface area contributed by atoms with Crippen LogP contribution in [0.4, 0.5) is 0 Å². The molecule has 0 saturated carbocycles. The van der Waals surface area contributed by atoms with Crippen molar-refractivity contribution in [1.29, 1.82) is 0 Å². The van der Waals surface area contributed by atoms with Gasteiger partial charge in [-0.3, -0.25) is 0 Å². The van der Waals surface area contributed by atoms with Gasteiger partial charge in [-0.1, -0.05) is 334 Å². The number of ether oxygens (including phenoxy) is 16. The Balaban J connectivity index is 0.898. The molecule has 0 aromatic heterocycles. The summed E-state index contributed by atoms with van der Waals surface area (Å²) in [5.41, 5.74) is 10.3. The van der Waals surface area contributed by atoms with E-state index in [2.05, 4.69) is 0 Å². The molecular formula is C95H98O16. The van der Waals surface area contributed by atoms with E-state index in [4.69, 9.17) is 75.8 Å². The summed E-state index contributed by atoms with van der Waals surface area (Å²) in [6.07, 6.45) is -15.2. The Labute approximate surface area is 651 Å². The summed E-state index contributed by atoms with van der Waals surface area (Å²) in [7, 11) is 0. The molecule has 0 amide bonds. The van der Waals surface area contributed by atoms with E-state index in [0.717, 1.165) is 61.2 Å². The van der Waals surface area contributed by atoms with Gasteiger partial charge in [0, 0.05) is 0 Å². The van der Waals surface area contributed by atoms with Gasteiger partial charge in [0.15, 0.2) is 18.9 Å². The van der Waals surface area contributed by atoms with Crippen LogP contribution in [0, 0.1) is 0 Å². The second kappa shape index (κ2) is 42.4. The summed E-state index contributed by atoms with van der Waals surface area (Å²) in [6, 6.07) is 111. The van der Waals surface area contributed by atoms with Gasteiger partial charge in [0.2, 0.25) is 0 Å². The van der Waals surface area contributed by atoms with Gasteiger partial charge in [-0.25, -0.2) is 0 Å². The number of hydrogen-bond acceptors (Lipinski definition) is 16. The van der Waals surface area contributed by atoms with Crippen molar-refractivity contribution in [3.05, 3.63) is 395 Å². The van der Waals surface area contributed by atoms with Crippen LogP contribution in [-0.2, 0) is 148 Å². The zero-order valence-corrected chi connectivity index (χ0v) is 62.3. The lowest BCUT2D eigenvalue weighted by Gasteiger charge is -2.52. The topological polar surface area (TPSA) is 148 Å². The van der Waals surface area contributed by atoms with Gasteiger partial charge in [0.05, 0.1) is 92.5 Å². The van der Waals surface area contributed by atoms with Crippen LogP contribution < -0.4 is 0 Å². The molecule has 0 spiro atoms. The molecule has 3 aliphatic rings. The highest BCUT2D eigenvalue weighted by Gasteiger charge is 2.57. The molecular weight excluding hydrogens is 1400 g/mol. The Morgan fingerprint density at radius 1 is 0.162 bits per heavy atom. The molecule has 15 atom stereocenters. The predicted octanol–water partition coefficient (Wildman–Crippen LogP) is 16.9. The lowest BCUT2D eigenvalue weighted by Crippen LogP contribution is -2.68. The molecule has 3 saturated heterocycles. The first-order chi connectivity index (χ1) is 55.0. The molecule has 574 valence electrons. The molecule has 16 heteroatoms. The summed E-state index contributed by atoms with van der Waals surface area (Å²) in [5, 5.41) is 0. The highest BCUT2D eigenvalue weighted by atomic mass is 16.8. The monoisotopic (exact) mass is 1490 g/mol. The van der Waals surface area contributed by atoms with Crippen molar-refractivity contribution in [3.8, 4) is 0 Å². The minimum Gasteiger partial charge on any atom is -0.374 e. The van der Waals surface area contributed by atoms with Gasteiger partial charge in [-0.15, -0.1) is 0 Å². The third-order valence-corrected chi connectivity index (χ3v) is 19.8. The molecule has 0 bridgehead atoms. The van der Waals surface area contributed by atoms with Gasteiger partial charge in [-0.2, -0.15) is 0 Å². The van der Waals surface area contributed by atoms with Crippen LogP contribution in [0.1, 0.15) is 61.2 Å². The molecule has 0 aliphatic carbocycles. The third-order valence-electron chi connectivity index (χ3n) is 19.8. The number of benzene rings is 11. The van der Waals surface area contributed by atoms with Crippen LogP contribution in [0.3, 0.4) is 0 Å². The first kappa shape index (κ1) is 78.5. The standard InChI is InChI=1S/C95H98O16/c1-12-34-70(35-13-1)56-96-67-81-84(99-59-73-40-18-4-19-41-73)87(100-60-74-42-20-5-21-43-74)91(104-64-78-50-28-9-29-51-78)94(108-81)111-86-83(69-98-58-72-38-16-3-17-39-72)109-95(92(105-65-79-52-30-10-31-53-79)89(86)102-62-76-46-24-7-25-47-76)110-85-82(68-97-57-71-36-14-2-15-37-71)107-93(106-66-80-54-32-11-33-55-80)90(103-63-77-48-26-8-27-49-77)88(85)101-61-75-44-22-6-23-45-75/h1-55,81-95H,56-69H2/t81-,82-,83-,84-,85-,86-,87+,88+,89+,90-,91-,92-,93-,94+,95+/m1/s1. The van der Waals surface area contributed by atoms with Crippen molar-refractivity contribution in [2.45, 2.75) is 165 Å². The fraction of sp³-hybridized carbons (Fsp3) is 0.305. The second-order valence-electron chi connectivity index (χ2n) is 28.0. The lowest BCUT2D eigenvalue weighted by molar-refractivity contribution is -0.395. The van der Waals surface area contributed by atoms with Gasteiger partial charge in [0.1, 0.15) is 73.2 Å². The van der Waals surface area contributed by atoms with Crippen LogP contribution in [0.2, 0.25) is 0 Å². The Hall–Kier alpha value is -9.22. The van der Waals surface area contributed by atoms with E-state index in [1.807, 2.05) is 334 Å². The summed E-state index contributed by atoms with van der Waals surface area (Å²) in [6.45, 7) is 2.15. The predicted molar refractivity (Wildman–Crippen MR) is 420 cm³/mol. The molecule has 3 heterocycles. The van der Waals surface area contributed by atoms with E-state index >= 15 is 0 Å². The van der Waals surface area contributed by atoms with Crippen molar-refractivity contribution in [2.24, 2.45) is 0 Å². The molecule has 11 aromatic rings. The molecule has 16 nitrogen and oxygen atoms in total. The first-order valence-corrected chi connectivity index (χ1v) is 38.4. The normalized spacial score (nSPS) is 23.9. The molecule has 3 aliphatic heterocycles. The van der Waals surface area contributed by atoms with E-state index in [9.17, 15) is 0 Å². The molecule has 0 N–H and O–H groups in total. The summed E-state index contributed by atoms with van der Waals surface area (Å²) in [4.78, 5) is 0. The molecule has 0 unspecified atom stereocenters. The maximum absolute atomic E-state index is 7.94. The Bertz CT molecular complexity index is 4330. The summed E-state index contributed by atoms with van der Waals surface area (Å²) in [5.74, 6) is 0. The van der Waals surface area contributed by atoms with Crippen LogP contribution in [-0.4, -0.2) is 112 Å². The average Bonchev–Trinajstić information content (AvgIpc) is 0.764. The maximum Gasteiger partial charge on any atom is 0.187 e. The van der Waals surface area contributed by atoms with E-state index < -0.39 is 92.1 Å².